The van der Waals surface area contributed by atoms with E-state index in [1.54, 1.807) is 0 Å². The first-order chi connectivity index (χ1) is 4.43. The van der Waals surface area contributed by atoms with Crippen LogP contribution in [0.2, 0.25) is 0 Å². The van der Waals surface area contributed by atoms with E-state index in [1.165, 1.54) is 0 Å². The van der Waals surface area contributed by atoms with Gasteiger partial charge in [-0.15, -0.1) is 6.07 Å². The van der Waals surface area contributed by atoms with Crippen molar-refractivity contribution in [3.63, 3.8) is 0 Å². The van der Waals surface area contributed by atoms with Gasteiger partial charge in [0, 0.05) is 7.05 Å². The van der Waals surface area contributed by atoms with Crippen LogP contribution in [0.4, 0.5) is 5.69 Å². The zero-order valence-corrected chi connectivity index (χ0v) is 11.2. The third-order valence-electron chi connectivity index (χ3n) is 0.969. The molecule has 0 saturated heterocycles. The van der Waals surface area contributed by atoms with Crippen molar-refractivity contribution in [3.05, 3.63) is 30.3 Å². The molecule has 0 spiro atoms. The van der Waals surface area contributed by atoms with E-state index in [1.807, 2.05) is 31.3 Å². The van der Waals surface area contributed by atoms with Crippen LogP contribution in [-0.2, 0) is 0 Å². The van der Waals surface area contributed by atoms with Crippen LogP contribution in [0.3, 0.4) is 0 Å². The quantitative estimate of drug-likeness (QED) is 0.434. The van der Waals surface area contributed by atoms with Gasteiger partial charge < -0.3 is 5.43 Å². The Bertz CT molecular complexity index is 165. The third kappa shape index (κ3) is 3.83. The van der Waals surface area contributed by atoms with Crippen LogP contribution in [0.15, 0.2) is 24.3 Å². The average molecular weight is 207 g/mol. The standard InChI is InChI=1S/C7H9N2.Rb/c1-8-9-7-5-3-2-4-6-7;/h2-5,8-9H,1H3;/q-1;+1. The molecular weight excluding hydrogens is 198 g/mol. The smallest absolute Gasteiger partial charge is 0.346 e. The summed E-state index contributed by atoms with van der Waals surface area (Å²) in [4.78, 5) is 0. The van der Waals surface area contributed by atoms with E-state index < -0.39 is 0 Å². The van der Waals surface area contributed by atoms with Crippen LogP contribution >= 0.6 is 0 Å². The minimum atomic E-state index is 0. The second kappa shape index (κ2) is 6.49. The van der Waals surface area contributed by atoms with Gasteiger partial charge >= 0.3 is 58.2 Å². The Labute approximate surface area is 110 Å². The third-order valence-corrected chi connectivity index (χ3v) is 0.969. The van der Waals surface area contributed by atoms with E-state index >= 15 is 0 Å². The molecule has 0 amide bonds. The maximum Gasteiger partial charge on any atom is 1.00 e. The molecule has 1 aromatic rings. The number of anilines is 1. The van der Waals surface area contributed by atoms with E-state index in [-0.39, 0.29) is 58.2 Å². The molecule has 0 aliphatic rings. The van der Waals surface area contributed by atoms with Gasteiger partial charge in [0.25, 0.3) is 0 Å². The zero-order valence-electron chi connectivity index (χ0n) is 6.31. The molecule has 0 heterocycles. The molecule has 2 nitrogen and oxygen atoms in total. The van der Waals surface area contributed by atoms with Gasteiger partial charge in [0.05, 0.1) is 0 Å². The molecule has 0 saturated carbocycles. The second-order valence-corrected chi connectivity index (χ2v) is 1.65. The van der Waals surface area contributed by atoms with Gasteiger partial charge in [0.1, 0.15) is 0 Å². The van der Waals surface area contributed by atoms with Crippen molar-refractivity contribution in [1.82, 2.24) is 5.43 Å². The maximum atomic E-state index is 3.00. The van der Waals surface area contributed by atoms with Crippen LogP contribution in [-0.4, -0.2) is 7.05 Å². The van der Waals surface area contributed by atoms with E-state index in [2.05, 4.69) is 16.9 Å². The molecule has 10 heavy (non-hydrogen) atoms. The number of hydrogen-bond acceptors (Lipinski definition) is 2. The summed E-state index contributed by atoms with van der Waals surface area (Å²) in [6.45, 7) is 0. The summed E-state index contributed by atoms with van der Waals surface area (Å²) in [6, 6.07) is 10.7. The van der Waals surface area contributed by atoms with Crippen LogP contribution in [0.5, 0.6) is 0 Å². The minimum Gasteiger partial charge on any atom is -0.346 e. The van der Waals surface area contributed by atoms with Gasteiger partial charge in [-0.25, -0.2) is 5.43 Å². The fraction of sp³-hybridized carbons (Fsp3) is 0.143. The Morgan fingerprint density at radius 2 is 2.20 bits per heavy atom. The van der Waals surface area contributed by atoms with Crippen molar-refractivity contribution in [3.8, 4) is 0 Å². The van der Waals surface area contributed by atoms with Crippen molar-refractivity contribution in [2.75, 3.05) is 12.5 Å². The molecule has 3 heteroatoms. The van der Waals surface area contributed by atoms with Crippen molar-refractivity contribution < 1.29 is 58.2 Å². The molecule has 0 aliphatic carbocycles. The first kappa shape index (κ1) is 10.8. The van der Waals surface area contributed by atoms with Crippen molar-refractivity contribution in [2.24, 2.45) is 0 Å². The molecule has 0 bridgehead atoms. The molecule has 1 aromatic carbocycles. The van der Waals surface area contributed by atoms with Crippen molar-refractivity contribution in [2.45, 2.75) is 0 Å². The Balaban J connectivity index is 0.000000810. The van der Waals surface area contributed by atoms with Crippen LogP contribution in [0, 0.1) is 6.07 Å². The summed E-state index contributed by atoms with van der Waals surface area (Å²) >= 11 is 0. The maximum absolute atomic E-state index is 3.00. The summed E-state index contributed by atoms with van der Waals surface area (Å²) in [6.07, 6.45) is 0. The van der Waals surface area contributed by atoms with Crippen LogP contribution in [0.25, 0.3) is 0 Å². The number of benzene rings is 1. The number of para-hydroxylation sites is 1. The predicted octanol–water partition coefficient (Wildman–Crippen LogP) is -1.96. The Kier molecular flexibility index (Phi) is 7.00. The largest absolute Gasteiger partial charge is 1.00 e. The van der Waals surface area contributed by atoms with Gasteiger partial charge in [-0.3, -0.25) is 0 Å². The van der Waals surface area contributed by atoms with Crippen LogP contribution < -0.4 is 69.0 Å². The van der Waals surface area contributed by atoms with E-state index in [4.69, 9.17) is 0 Å². The molecule has 1 rings (SSSR count). The number of hydrazine groups is 1. The van der Waals surface area contributed by atoms with Gasteiger partial charge in [0.2, 0.25) is 0 Å². The molecule has 0 aromatic heterocycles. The summed E-state index contributed by atoms with van der Waals surface area (Å²) < 4.78 is 0. The summed E-state index contributed by atoms with van der Waals surface area (Å²) in [5.74, 6) is 0. The monoisotopic (exact) mass is 206 g/mol. The minimum absolute atomic E-state index is 0. The number of nitrogens with one attached hydrogen (secondary N) is 2. The van der Waals surface area contributed by atoms with E-state index in [0.717, 1.165) is 5.69 Å². The fourth-order valence-electron chi connectivity index (χ4n) is 0.606. The molecule has 0 unspecified atom stereocenters. The molecule has 0 fully saturated rings. The first-order valence-electron chi connectivity index (χ1n) is 2.83. The van der Waals surface area contributed by atoms with Gasteiger partial charge in [-0.1, -0.05) is 5.69 Å². The Hall–Kier alpha value is 0.785. The van der Waals surface area contributed by atoms with Crippen molar-refractivity contribution >= 4 is 5.69 Å². The topological polar surface area (TPSA) is 24.1 Å². The summed E-state index contributed by atoms with van der Waals surface area (Å²) in [5.41, 5.74) is 6.66. The molecule has 48 valence electrons. The van der Waals surface area contributed by atoms with Gasteiger partial charge in [-0.2, -0.15) is 24.3 Å². The van der Waals surface area contributed by atoms with Gasteiger partial charge in [-0.05, 0) is 0 Å². The van der Waals surface area contributed by atoms with Crippen LogP contribution in [0.1, 0.15) is 0 Å². The number of hydrogen-bond donors (Lipinski definition) is 2. The first-order valence-corrected chi connectivity index (χ1v) is 2.83. The predicted molar refractivity (Wildman–Crippen MR) is 38.0 cm³/mol. The van der Waals surface area contributed by atoms with E-state index in [0.29, 0.717) is 0 Å². The average Bonchev–Trinajstić information content (AvgIpc) is 1.91. The Morgan fingerprint density at radius 1 is 1.40 bits per heavy atom. The number of rotatable bonds is 2. The zero-order chi connectivity index (χ0) is 6.53. The Morgan fingerprint density at radius 3 is 2.70 bits per heavy atom. The second-order valence-electron chi connectivity index (χ2n) is 1.65. The molecule has 2 N–H and O–H groups in total. The van der Waals surface area contributed by atoms with E-state index in [9.17, 15) is 0 Å². The van der Waals surface area contributed by atoms with Gasteiger partial charge in [0.15, 0.2) is 0 Å². The molecule has 0 radical (unpaired) electrons. The normalized spacial score (nSPS) is 8.10. The molecule has 0 aliphatic heterocycles. The molecular formula is C7H9N2Rb. The SMILES string of the molecule is CNNc1[c-]cccc1.[Rb+]. The fourth-order valence-corrected chi connectivity index (χ4v) is 0.606. The summed E-state index contributed by atoms with van der Waals surface area (Å²) in [5, 5.41) is 0. The molecule has 0 atom stereocenters. The summed E-state index contributed by atoms with van der Waals surface area (Å²) in [7, 11) is 1.82. The van der Waals surface area contributed by atoms with Crippen molar-refractivity contribution in [1.29, 1.82) is 0 Å².